The van der Waals surface area contributed by atoms with Crippen molar-refractivity contribution in [1.29, 1.82) is 0 Å². The molecule has 4 N–H and O–H groups in total. The van der Waals surface area contributed by atoms with E-state index in [2.05, 4.69) is 14.8 Å². The Bertz CT molecular complexity index is 244. The van der Waals surface area contributed by atoms with Crippen LogP contribution in [0.1, 0.15) is 0 Å². The van der Waals surface area contributed by atoms with Crippen molar-refractivity contribution < 1.29 is 25.2 Å². The van der Waals surface area contributed by atoms with E-state index < -0.39 is 37.3 Å². The molecule has 0 bridgehead atoms. The number of hydrogen-bond donors (Lipinski definition) is 4. The van der Waals surface area contributed by atoms with Gasteiger partial charge < -0.3 is 25.2 Å². The van der Waals surface area contributed by atoms with Gasteiger partial charge in [-0.15, -0.1) is 0 Å². The highest BCUT2D eigenvalue weighted by atomic mass is 16.6. The van der Waals surface area contributed by atoms with E-state index >= 15 is 0 Å². The van der Waals surface area contributed by atoms with Gasteiger partial charge in [0.1, 0.15) is 12.2 Å². The first-order chi connectivity index (χ1) is 6.61. The zero-order chi connectivity index (χ0) is 10.7. The van der Waals surface area contributed by atoms with E-state index in [-0.39, 0.29) is 0 Å². The zero-order valence-corrected chi connectivity index (χ0v) is 7.13. The van der Waals surface area contributed by atoms with Crippen LogP contribution in [0.2, 0.25) is 0 Å². The number of nitrogens with zero attached hydrogens (tertiary/aromatic N) is 3. The molecule has 1 rings (SSSR count). The summed E-state index contributed by atoms with van der Waals surface area (Å²) in [7, 11) is 0. The molecule has 0 aromatic carbocycles. The summed E-state index contributed by atoms with van der Waals surface area (Å²) in [5, 5.41) is 39.7. The molecule has 0 spiro atoms. The van der Waals surface area contributed by atoms with E-state index in [0.29, 0.717) is 0 Å². The lowest BCUT2D eigenvalue weighted by Crippen LogP contribution is -2.57. The lowest BCUT2D eigenvalue weighted by Gasteiger charge is -2.37. The van der Waals surface area contributed by atoms with E-state index in [1.165, 1.54) is 0 Å². The molecule has 1 fully saturated rings. The van der Waals surface area contributed by atoms with Crippen LogP contribution in [0.5, 0.6) is 0 Å². The van der Waals surface area contributed by atoms with Crippen molar-refractivity contribution in [3.05, 3.63) is 10.4 Å². The normalized spacial score (nSPS) is 43.0. The van der Waals surface area contributed by atoms with E-state index in [4.69, 9.17) is 15.7 Å². The van der Waals surface area contributed by atoms with Crippen molar-refractivity contribution in [1.82, 2.24) is 0 Å². The monoisotopic (exact) mass is 205 g/mol. The van der Waals surface area contributed by atoms with Crippen molar-refractivity contribution in [2.75, 3.05) is 6.61 Å². The molecular formula is C6H11N3O5. The summed E-state index contributed by atoms with van der Waals surface area (Å²) in [6.07, 6.45) is -5.48. The molecule has 8 heteroatoms. The molecule has 0 radical (unpaired) electrons. The zero-order valence-electron chi connectivity index (χ0n) is 7.13. The average molecular weight is 205 g/mol. The number of azide groups is 1. The van der Waals surface area contributed by atoms with Crippen LogP contribution in [0, 0.1) is 0 Å². The molecule has 1 saturated heterocycles. The minimum absolute atomic E-state index is 0.539. The summed E-state index contributed by atoms with van der Waals surface area (Å²) < 4.78 is 4.66. The Kier molecular flexibility index (Phi) is 3.64. The van der Waals surface area contributed by atoms with Crippen molar-refractivity contribution in [2.45, 2.75) is 30.6 Å². The van der Waals surface area contributed by atoms with Crippen LogP contribution in [0.25, 0.3) is 10.4 Å². The summed E-state index contributed by atoms with van der Waals surface area (Å²) in [5.74, 6) is 0. The van der Waals surface area contributed by atoms with Gasteiger partial charge in [0.25, 0.3) is 0 Å². The van der Waals surface area contributed by atoms with Crippen LogP contribution in [-0.2, 0) is 4.74 Å². The van der Waals surface area contributed by atoms with Crippen LogP contribution < -0.4 is 0 Å². The highest BCUT2D eigenvalue weighted by Gasteiger charge is 2.43. The van der Waals surface area contributed by atoms with E-state index in [1.54, 1.807) is 0 Å². The maximum absolute atomic E-state index is 9.43. The van der Waals surface area contributed by atoms with E-state index in [1.807, 2.05) is 0 Å². The Morgan fingerprint density at radius 3 is 2.43 bits per heavy atom. The lowest BCUT2D eigenvalue weighted by atomic mass is 9.97. The van der Waals surface area contributed by atoms with Gasteiger partial charge in [-0.1, -0.05) is 5.11 Å². The highest BCUT2D eigenvalue weighted by molar-refractivity contribution is 4.93. The highest BCUT2D eigenvalue weighted by Crippen LogP contribution is 2.22. The molecule has 8 nitrogen and oxygen atoms in total. The van der Waals surface area contributed by atoms with Crippen molar-refractivity contribution in [2.24, 2.45) is 5.11 Å². The van der Waals surface area contributed by atoms with Crippen molar-refractivity contribution >= 4 is 0 Å². The second-order valence-corrected chi connectivity index (χ2v) is 2.92. The molecular weight excluding hydrogens is 194 g/mol. The van der Waals surface area contributed by atoms with Gasteiger partial charge in [0.2, 0.25) is 0 Å². The Hall–Kier alpha value is -0.890. The van der Waals surface area contributed by atoms with Gasteiger partial charge in [-0.3, -0.25) is 0 Å². The topological polar surface area (TPSA) is 139 Å². The Balaban J connectivity index is 2.82. The third-order valence-corrected chi connectivity index (χ3v) is 2.05. The molecule has 1 aliphatic heterocycles. The number of aliphatic hydroxyl groups excluding tert-OH is 4. The molecule has 80 valence electrons. The molecule has 0 aromatic rings. The van der Waals surface area contributed by atoms with Crippen molar-refractivity contribution in [3.8, 4) is 0 Å². The van der Waals surface area contributed by atoms with Crippen LogP contribution in [0.4, 0.5) is 0 Å². The van der Waals surface area contributed by atoms with Gasteiger partial charge in [0.05, 0.1) is 18.8 Å². The van der Waals surface area contributed by atoms with E-state index in [0.717, 1.165) is 0 Å². The quantitative estimate of drug-likeness (QED) is 0.237. The summed E-state index contributed by atoms with van der Waals surface area (Å²) >= 11 is 0. The molecule has 1 aliphatic rings. The third-order valence-electron chi connectivity index (χ3n) is 2.05. The maximum atomic E-state index is 9.43. The minimum atomic E-state index is -1.58. The van der Waals surface area contributed by atoms with Gasteiger partial charge in [-0.25, -0.2) is 0 Å². The number of hydrogen-bond acceptors (Lipinski definition) is 6. The van der Waals surface area contributed by atoms with Gasteiger partial charge in [-0.05, 0) is 5.53 Å². The number of rotatable bonds is 2. The summed E-state index contributed by atoms with van der Waals surface area (Å²) in [6.45, 7) is -0.539. The fourth-order valence-corrected chi connectivity index (χ4v) is 1.28. The summed E-state index contributed by atoms with van der Waals surface area (Å²) in [5.41, 5.74) is 8.15. The van der Waals surface area contributed by atoms with Gasteiger partial charge in [-0.2, -0.15) is 0 Å². The van der Waals surface area contributed by atoms with Crippen LogP contribution in [0.3, 0.4) is 0 Å². The second kappa shape index (κ2) is 4.56. The molecule has 14 heavy (non-hydrogen) atoms. The predicted molar refractivity (Wildman–Crippen MR) is 42.9 cm³/mol. The second-order valence-electron chi connectivity index (χ2n) is 2.92. The van der Waals surface area contributed by atoms with Crippen LogP contribution in [-0.4, -0.2) is 57.7 Å². The molecule has 0 aromatic heterocycles. The Morgan fingerprint density at radius 2 is 1.93 bits per heavy atom. The first kappa shape index (κ1) is 11.2. The first-order valence-electron chi connectivity index (χ1n) is 3.96. The molecule has 5 atom stereocenters. The van der Waals surface area contributed by atoms with E-state index in [9.17, 15) is 10.2 Å². The first-order valence-corrected chi connectivity index (χ1v) is 3.96. The van der Waals surface area contributed by atoms with Crippen LogP contribution >= 0.6 is 0 Å². The Morgan fingerprint density at radius 1 is 1.29 bits per heavy atom. The molecule has 3 unspecified atom stereocenters. The average Bonchev–Trinajstić information content (AvgIpc) is 2.18. The fourth-order valence-electron chi connectivity index (χ4n) is 1.28. The summed E-state index contributed by atoms with van der Waals surface area (Å²) in [6, 6.07) is -1.22. The predicted octanol–water partition coefficient (Wildman–Crippen LogP) is -1.90. The largest absolute Gasteiger partial charge is 0.394 e. The maximum Gasteiger partial charge on any atom is 0.181 e. The minimum Gasteiger partial charge on any atom is -0.394 e. The molecule has 0 saturated carbocycles. The van der Waals surface area contributed by atoms with Crippen molar-refractivity contribution in [3.63, 3.8) is 0 Å². The Labute approximate surface area is 79.0 Å². The smallest absolute Gasteiger partial charge is 0.181 e. The molecule has 1 heterocycles. The number of ether oxygens (including phenoxy) is 1. The fraction of sp³-hybridized carbons (Fsp3) is 1.00. The standard InChI is InChI=1S/C6H11N3O5/c7-9-8-3-4(11)2(1-10)14-6(13)5(3)12/h2-6,10-13H,1H2/t2?,3?,4-,5?,6+/m0/s1. The summed E-state index contributed by atoms with van der Waals surface area (Å²) in [4.78, 5) is 2.42. The SMILES string of the molecule is [N-]=[N+]=NC1C(O)[C@H](O)OC(CO)[C@@H]1O. The van der Waals surface area contributed by atoms with Gasteiger partial charge in [0.15, 0.2) is 6.29 Å². The third kappa shape index (κ3) is 1.95. The molecule has 0 aliphatic carbocycles. The number of aliphatic hydroxyl groups is 4. The molecule has 0 amide bonds. The van der Waals surface area contributed by atoms with Gasteiger partial charge in [0, 0.05) is 4.91 Å². The lowest BCUT2D eigenvalue weighted by molar-refractivity contribution is -0.258. The van der Waals surface area contributed by atoms with Crippen LogP contribution in [0.15, 0.2) is 5.11 Å². The van der Waals surface area contributed by atoms with Gasteiger partial charge >= 0.3 is 0 Å².